The first-order chi connectivity index (χ1) is 9.00. The van der Waals surface area contributed by atoms with E-state index >= 15 is 0 Å². The van der Waals surface area contributed by atoms with Crippen molar-refractivity contribution in [1.29, 1.82) is 0 Å². The molecule has 0 radical (unpaired) electrons. The SMILES string of the molecule is CC#CCCC(NCC)c1ccccc1C(C)(C)C. The van der Waals surface area contributed by atoms with Crippen LogP contribution in [0.3, 0.4) is 0 Å². The minimum absolute atomic E-state index is 0.181. The summed E-state index contributed by atoms with van der Waals surface area (Å²) in [7, 11) is 0. The van der Waals surface area contributed by atoms with Crippen LogP contribution in [-0.2, 0) is 5.41 Å². The molecule has 1 aromatic rings. The molecule has 1 aromatic carbocycles. The first-order valence-corrected chi connectivity index (χ1v) is 7.23. The Bertz CT molecular complexity index is 443. The van der Waals surface area contributed by atoms with E-state index in [0.29, 0.717) is 6.04 Å². The van der Waals surface area contributed by atoms with Crippen molar-refractivity contribution in [2.75, 3.05) is 6.54 Å². The van der Waals surface area contributed by atoms with E-state index < -0.39 is 0 Å². The van der Waals surface area contributed by atoms with Gasteiger partial charge in [0.1, 0.15) is 0 Å². The third-order valence-corrected chi connectivity index (χ3v) is 3.33. The van der Waals surface area contributed by atoms with E-state index in [1.54, 1.807) is 0 Å². The highest BCUT2D eigenvalue weighted by molar-refractivity contribution is 5.35. The van der Waals surface area contributed by atoms with E-state index in [4.69, 9.17) is 0 Å². The van der Waals surface area contributed by atoms with Crippen LogP contribution in [0.15, 0.2) is 24.3 Å². The minimum Gasteiger partial charge on any atom is -0.310 e. The molecule has 1 N–H and O–H groups in total. The summed E-state index contributed by atoms with van der Waals surface area (Å²) in [5.74, 6) is 6.16. The Kier molecular flexibility index (Phi) is 6.12. The summed E-state index contributed by atoms with van der Waals surface area (Å²) in [5, 5.41) is 3.60. The van der Waals surface area contributed by atoms with Gasteiger partial charge in [-0.05, 0) is 36.4 Å². The highest BCUT2D eigenvalue weighted by atomic mass is 14.9. The fourth-order valence-corrected chi connectivity index (χ4v) is 2.44. The van der Waals surface area contributed by atoms with Crippen LogP contribution in [0.25, 0.3) is 0 Å². The lowest BCUT2D eigenvalue weighted by Crippen LogP contribution is -2.25. The molecule has 0 spiro atoms. The molecule has 0 aliphatic rings. The van der Waals surface area contributed by atoms with Crippen LogP contribution in [0.5, 0.6) is 0 Å². The molecule has 0 amide bonds. The maximum absolute atomic E-state index is 3.60. The molecular formula is C18H27N. The topological polar surface area (TPSA) is 12.0 Å². The van der Waals surface area contributed by atoms with Gasteiger partial charge in [-0.25, -0.2) is 0 Å². The molecule has 1 unspecified atom stereocenters. The summed E-state index contributed by atoms with van der Waals surface area (Å²) >= 11 is 0. The quantitative estimate of drug-likeness (QED) is 0.769. The molecule has 19 heavy (non-hydrogen) atoms. The molecule has 0 heterocycles. The second kappa shape index (κ2) is 7.36. The predicted molar refractivity (Wildman–Crippen MR) is 84.2 cm³/mol. The molecule has 0 bridgehead atoms. The zero-order valence-corrected chi connectivity index (χ0v) is 13.0. The number of nitrogens with one attached hydrogen (secondary N) is 1. The zero-order chi connectivity index (χ0) is 14.3. The molecule has 1 rings (SSSR count). The Morgan fingerprint density at radius 1 is 1.21 bits per heavy atom. The van der Waals surface area contributed by atoms with Gasteiger partial charge in [0.25, 0.3) is 0 Å². The molecule has 104 valence electrons. The highest BCUT2D eigenvalue weighted by Crippen LogP contribution is 2.31. The van der Waals surface area contributed by atoms with Crippen molar-refractivity contribution in [3.63, 3.8) is 0 Å². The van der Waals surface area contributed by atoms with Crippen molar-refractivity contribution in [3.8, 4) is 11.8 Å². The lowest BCUT2D eigenvalue weighted by molar-refractivity contribution is 0.498. The number of hydrogen-bond acceptors (Lipinski definition) is 1. The molecule has 0 aliphatic heterocycles. The van der Waals surface area contributed by atoms with Crippen LogP contribution in [0.2, 0.25) is 0 Å². The summed E-state index contributed by atoms with van der Waals surface area (Å²) in [5.41, 5.74) is 3.04. The van der Waals surface area contributed by atoms with Crippen LogP contribution in [0.4, 0.5) is 0 Å². The Hall–Kier alpha value is -1.26. The van der Waals surface area contributed by atoms with Crippen LogP contribution < -0.4 is 5.32 Å². The van der Waals surface area contributed by atoms with Crippen molar-refractivity contribution < 1.29 is 0 Å². The van der Waals surface area contributed by atoms with Crippen molar-refractivity contribution in [2.24, 2.45) is 0 Å². The van der Waals surface area contributed by atoms with Crippen molar-refractivity contribution >= 4 is 0 Å². The third-order valence-electron chi connectivity index (χ3n) is 3.33. The summed E-state index contributed by atoms with van der Waals surface area (Å²) < 4.78 is 0. The Morgan fingerprint density at radius 2 is 1.89 bits per heavy atom. The maximum atomic E-state index is 3.60. The average Bonchev–Trinajstić information content (AvgIpc) is 2.37. The van der Waals surface area contributed by atoms with Gasteiger partial charge in [0.2, 0.25) is 0 Å². The monoisotopic (exact) mass is 257 g/mol. The molecule has 0 saturated carbocycles. The molecule has 0 aliphatic carbocycles. The van der Waals surface area contributed by atoms with Gasteiger partial charge >= 0.3 is 0 Å². The molecule has 1 atom stereocenters. The first-order valence-electron chi connectivity index (χ1n) is 7.23. The molecule has 1 nitrogen and oxygen atoms in total. The largest absolute Gasteiger partial charge is 0.310 e. The van der Waals surface area contributed by atoms with E-state index in [2.05, 4.69) is 69.1 Å². The van der Waals surface area contributed by atoms with Gasteiger partial charge in [-0.2, -0.15) is 0 Å². The van der Waals surface area contributed by atoms with Gasteiger partial charge in [-0.15, -0.1) is 11.8 Å². The van der Waals surface area contributed by atoms with Gasteiger partial charge in [0.05, 0.1) is 0 Å². The second-order valence-electron chi connectivity index (χ2n) is 5.91. The van der Waals surface area contributed by atoms with Gasteiger partial charge < -0.3 is 5.32 Å². The van der Waals surface area contributed by atoms with E-state index in [1.807, 2.05) is 6.92 Å². The molecule has 1 heteroatoms. The summed E-state index contributed by atoms with van der Waals surface area (Å²) in [6.07, 6.45) is 2.02. The lowest BCUT2D eigenvalue weighted by Gasteiger charge is -2.27. The number of benzene rings is 1. The number of rotatable bonds is 5. The van der Waals surface area contributed by atoms with Crippen LogP contribution >= 0.6 is 0 Å². The smallest absolute Gasteiger partial charge is 0.0332 e. The predicted octanol–water partition coefficient (Wildman–Crippen LogP) is 4.44. The van der Waals surface area contributed by atoms with E-state index in [9.17, 15) is 0 Å². The summed E-state index contributed by atoms with van der Waals surface area (Å²) in [6.45, 7) is 11.9. The molecule has 0 fully saturated rings. The van der Waals surface area contributed by atoms with Crippen molar-refractivity contribution in [3.05, 3.63) is 35.4 Å². The summed E-state index contributed by atoms with van der Waals surface area (Å²) in [4.78, 5) is 0. The number of hydrogen-bond donors (Lipinski definition) is 1. The normalized spacial score (nSPS) is 12.7. The van der Waals surface area contributed by atoms with E-state index in [1.165, 1.54) is 11.1 Å². The first kappa shape index (κ1) is 15.8. The Labute approximate surface area is 118 Å². The van der Waals surface area contributed by atoms with Crippen LogP contribution in [0, 0.1) is 11.8 Å². The van der Waals surface area contributed by atoms with E-state index in [-0.39, 0.29) is 5.41 Å². The van der Waals surface area contributed by atoms with Crippen LogP contribution in [0.1, 0.15) is 64.6 Å². The average molecular weight is 257 g/mol. The van der Waals surface area contributed by atoms with Gasteiger partial charge in [0.15, 0.2) is 0 Å². The van der Waals surface area contributed by atoms with Crippen molar-refractivity contribution in [2.45, 2.75) is 58.9 Å². The second-order valence-corrected chi connectivity index (χ2v) is 5.91. The lowest BCUT2D eigenvalue weighted by atomic mass is 9.81. The molecular weight excluding hydrogens is 230 g/mol. The van der Waals surface area contributed by atoms with E-state index in [0.717, 1.165) is 19.4 Å². The third kappa shape index (κ3) is 4.73. The minimum atomic E-state index is 0.181. The van der Waals surface area contributed by atoms with Gasteiger partial charge in [-0.3, -0.25) is 0 Å². The maximum Gasteiger partial charge on any atom is 0.0332 e. The highest BCUT2D eigenvalue weighted by Gasteiger charge is 2.21. The van der Waals surface area contributed by atoms with Gasteiger partial charge in [0, 0.05) is 12.5 Å². The van der Waals surface area contributed by atoms with Gasteiger partial charge in [-0.1, -0.05) is 52.0 Å². The molecule has 0 aromatic heterocycles. The van der Waals surface area contributed by atoms with Crippen LogP contribution in [-0.4, -0.2) is 6.54 Å². The van der Waals surface area contributed by atoms with Crippen molar-refractivity contribution in [1.82, 2.24) is 5.32 Å². The molecule has 0 saturated heterocycles. The Balaban J connectivity index is 3.03. The fraction of sp³-hybridized carbons (Fsp3) is 0.556. The Morgan fingerprint density at radius 3 is 2.47 bits per heavy atom. The standard InChI is InChI=1S/C18H27N/c1-6-8-9-14-17(19-7-2)15-12-10-11-13-16(15)18(3,4)5/h10-13,17,19H,7,9,14H2,1-5H3. The fourth-order valence-electron chi connectivity index (χ4n) is 2.44. The zero-order valence-electron chi connectivity index (χ0n) is 13.0. The summed E-state index contributed by atoms with van der Waals surface area (Å²) in [6, 6.07) is 9.19.